The van der Waals surface area contributed by atoms with Crippen molar-refractivity contribution in [2.75, 3.05) is 0 Å². The molecule has 0 saturated heterocycles. The quantitative estimate of drug-likeness (QED) is 0.678. The molecule has 2 rings (SSSR count). The third kappa shape index (κ3) is 4.39. The van der Waals surface area contributed by atoms with E-state index < -0.39 is 0 Å². The molecule has 1 aromatic heterocycles. The molecule has 21 heavy (non-hydrogen) atoms. The third-order valence-corrected chi connectivity index (χ3v) is 3.08. The van der Waals surface area contributed by atoms with E-state index >= 15 is 0 Å². The fraction of sp³-hybridized carbons (Fsp3) is 0.400. The number of hydrogen-bond acceptors (Lipinski definition) is 4. The molecule has 2 aromatic rings. The zero-order valence-electron chi connectivity index (χ0n) is 12.5. The molecular formula is C15H20N4O2. The molecule has 6 nitrogen and oxygen atoms in total. The van der Waals surface area contributed by atoms with Gasteiger partial charge in [0.1, 0.15) is 5.82 Å². The van der Waals surface area contributed by atoms with Crippen LogP contribution in [0.4, 0.5) is 5.69 Å². The lowest BCUT2D eigenvalue weighted by Crippen LogP contribution is -2.36. The number of nitrogens with one attached hydrogen (secondary N) is 1. The summed E-state index contributed by atoms with van der Waals surface area (Å²) in [6.45, 7) is 7.66. The maximum absolute atomic E-state index is 10.6. The number of nitro benzene ring substituents is 1. The van der Waals surface area contributed by atoms with Crippen LogP contribution in [0.3, 0.4) is 0 Å². The Morgan fingerprint density at radius 2 is 1.95 bits per heavy atom. The van der Waals surface area contributed by atoms with Gasteiger partial charge in [-0.1, -0.05) is 12.1 Å². The summed E-state index contributed by atoms with van der Waals surface area (Å²) in [5.41, 5.74) is 1.15. The Morgan fingerprint density at radius 3 is 2.52 bits per heavy atom. The highest BCUT2D eigenvalue weighted by Crippen LogP contribution is 2.13. The molecule has 0 atom stereocenters. The molecule has 0 amide bonds. The van der Waals surface area contributed by atoms with Crippen molar-refractivity contribution in [1.82, 2.24) is 14.9 Å². The molecule has 0 fully saturated rings. The maximum Gasteiger partial charge on any atom is 0.269 e. The predicted molar refractivity (Wildman–Crippen MR) is 81.0 cm³/mol. The van der Waals surface area contributed by atoms with E-state index in [1.807, 2.05) is 10.8 Å². The summed E-state index contributed by atoms with van der Waals surface area (Å²) >= 11 is 0. The molecule has 1 N–H and O–H groups in total. The molecule has 6 heteroatoms. The summed E-state index contributed by atoms with van der Waals surface area (Å²) in [5.74, 6) is 0.947. The fourth-order valence-electron chi connectivity index (χ4n) is 1.92. The van der Waals surface area contributed by atoms with Crippen LogP contribution in [0.2, 0.25) is 0 Å². The molecule has 0 spiro atoms. The first-order valence-electron chi connectivity index (χ1n) is 6.83. The zero-order valence-corrected chi connectivity index (χ0v) is 12.5. The number of nitro groups is 1. The molecule has 0 bridgehead atoms. The van der Waals surface area contributed by atoms with Gasteiger partial charge >= 0.3 is 0 Å². The SMILES string of the molecule is CC(C)(C)NCc1nccn1Cc1ccc([N+](=O)[O-])cc1. The Balaban J connectivity index is 2.06. The summed E-state index contributed by atoms with van der Waals surface area (Å²) in [6, 6.07) is 6.61. The number of rotatable bonds is 5. The van der Waals surface area contributed by atoms with Gasteiger partial charge in [-0.15, -0.1) is 0 Å². The smallest absolute Gasteiger partial charge is 0.269 e. The Kier molecular flexibility index (Phi) is 4.37. The highest BCUT2D eigenvalue weighted by Gasteiger charge is 2.11. The molecule has 0 saturated carbocycles. The summed E-state index contributed by atoms with van der Waals surface area (Å²) in [4.78, 5) is 14.6. The number of benzene rings is 1. The minimum atomic E-state index is -0.389. The molecule has 0 aliphatic heterocycles. The average molecular weight is 288 g/mol. The Hall–Kier alpha value is -2.21. The van der Waals surface area contributed by atoms with Crippen LogP contribution in [0.1, 0.15) is 32.2 Å². The molecule has 112 valence electrons. The second-order valence-electron chi connectivity index (χ2n) is 6.00. The van der Waals surface area contributed by atoms with Gasteiger partial charge in [0.15, 0.2) is 0 Å². The van der Waals surface area contributed by atoms with Crippen molar-refractivity contribution in [3.05, 3.63) is 58.2 Å². The third-order valence-electron chi connectivity index (χ3n) is 3.08. The molecule has 1 heterocycles. The van der Waals surface area contributed by atoms with Crippen LogP contribution in [0.25, 0.3) is 0 Å². The first-order chi connectivity index (χ1) is 9.85. The van der Waals surface area contributed by atoms with Crippen LogP contribution in [0, 0.1) is 10.1 Å². The van der Waals surface area contributed by atoms with Crippen LogP contribution < -0.4 is 5.32 Å². The number of nitrogens with zero attached hydrogens (tertiary/aromatic N) is 3. The maximum atomic E-state index is 10.6. The van der Waals surface area contributed by atoms with Crippen LogP contribution in [-0.4, -0.2) is 20.0 Å². The number of imidazole rings is 1. The standard InChI is InChI=1S/C15H20N4O2/c1-15(2,3)17-10-14-16-8-9-18(14)11-12-4-6-13(7-5-12)19(20)21/h4-9,17H,10-11H2,1-3H3. The van der Waals surface area contributed by atoms with Gasteiger partial charge in [0, 0.05) is 36.6 Å². The Morgan fingerprint density at radius 1 is 1.29 bits per heavy atom. The van der Waals surface area contributed by atoms with Gasteiger partial charge in [-0.25, -0.2) is 4.98 Å². The first-order valence-corrected chi connectivity index (χ1v) is 6.83. The van der Waals surface area contributed by atoms with Crippen LogP contribution in [-0.2, 0) is 13.1 Å². The van der Waals surface area contributed by atoms with E-state index in [9.17, 15) is 10.1 Å². The second-order valence-corrected chi connectivity index (χ2v) is 6.00. The van der Waals surface area contributed by atoms with Crippen molar-refractivity contribution in [1.29, 1.82) is 0 Å². The first kappa shape index (κ1) is 15.2. The molecule has 1 aromatic carbocycles. The van der Waals surface area contributed by atoms with Gasteiger partial charge in [-0.2, -0.15) is 0 Å². The van der Waals surface area contributed by atoms with E-state index in [1.54, 1.807) is 18.3 Å². The molecule has 0 aliphatic rings. The fourth-order valence-corrected chi connectivity index (χ4v) is 1.92. The van der Waals surface area contributed by atoms with Crippen molar-refractivity contribution in [2.24, 2.45) is 0 Å². The lowest BCUT2D eigenvalue weighted by atomic mass is 10.1. The Bertz CT molecular complexity index is 611. The largest absolute Gasteiger partial charge is 0.329 e. The van der Waals surface area contributed by atoms with E-state index in [-0.39, 0.29) is 16.1 Å². The lowest BCUT2D eigenvalue weighted by Gasteiger charge is -2.20. The van der Waals surface area contributed by atoms with E-state index in [4.69, 9.17) is 0 Å². The lowest BCUT2D eigenvalue weighted by molar-refractivity contribution is -0.384. The molecular weight excluding hydrogens is 268 g/mol. The van der Waals surface area contributed by atoms with Crippen molar-refractivity contribution in [3.63, 3.8) is 0 Å². The van der Waals surface area contributed by atoms with Crippen LogP contribution >= 0.6 is 0 Å². The van der Waals surface area contributed by atoms with E-state index in [0.29, 0.717) is 13.1 Å². The average Bonchev–Trinajstić information content (AvgIpc) is 2.83. The van der Waals surface area contributed by atoms with Gasteiger partial charge in [-0.3, -0.25) is 10.1 Å². The van der Waals surface area contributed by atoms with Crippen molar-refractivity contribution >= 4 is 5.69 Å². The van der Waals surface area contributed by atoms with E-state index in [1.165, 1.54) is 12.1 Å². The summed E-state index contributed by atoms with van der Waals surface area (Å²) in [6.07, 6.45) is 3.69. The highest BCUT2D eigenvalue weighted by atomic mass is 16.6. The zero-order chi connectivity index (χ0) is 15.5. The van der Waals surface area contributed by atoms with Crippen molar-refractivity contribution in [3.8, 4) is 0 Å². The number of hydrogen-bond donors (Lipinski definition) is 1. The minimum Gasteiger partial charge on any atom is -0.329 e. The summed E-state index contributed by atoms with van der Waals surface area (Å²) in [5, 5.41) is 14.0. The van der Waals surface area contributed by atoms with Crippen LogP contribution in [0.15, 0.2) is 36.7 Å². The molecule has 0 radical (unpaired) electrons. The van der Waals surface area contributed by atoms with Gasteiger partial charge in [0.25, 0.3) is 5.69 Å². The predicted octanol–water partition coefficient (Wildman–Crippen LogP) is 2.73. The number of non-ortho nitro benzene ring substituents is 1. The monoisotopic (exact) mass is 288 g/mol. The normalized spacial score (nSPS) is 11.6. The van der Waals surface area contributed by atoms with Gasteiger partial charge < -0.3 is 9.88 Å². The van der Waals surface area contributed by atoms with Gasteiger partial charge in [0.2, 0.25) is 0 Å². The second kappa shape index (κ2) is 6.05. The molecule has 0 aliphatic carbocycles. The minimum absolute atomic E-state index is 0.0319. The van der Waals surface area contributed by atoms with Crippen LogP contribution in [0.5, 0.6) is 0 Å². The van der Waals surface area contributed by atoms with E-state index in [0.717, 1.165) is 11.4 Å². The highest BCUT2D eigenvalue weighted by molar-refractivity contribution is 5.33. The summed E-state index contributed by atoms with van der Waals surface area (Å²) in [7, 11) is 0. The number of aromatic nitrogens is 2. The Labute approximate surface area is 124 Å². The summed E-state index contributed by atoms with van der Waals surface area (Å²) < 4.78 is 2.04. The molecule has 0 unspecified atom stereocenters. The van der Waals surface area contributed by atoms with E-state index in [2.05, 4.69) is 31.1 Å². The van der Waals surface area contributed by atoms with Crippen molar-refractivity contribution in [2.45, 2.75) is 39.4 Å². The van der Waals surface area contributed by atoms with Gasteiger partial charge in [0.05, 0.1) is 11.5 Å². The van der Waals surface area contributed by atoms with Gasteiger partial charge in [-0.05, 0) is 26.3 Å². The van der Waals surface area contributed by atoms with Crippen molar-refractivity contribution < 1.29 is 4.92 Å². The topological polar surface area (TPSA) is 73.0 Å².